The van der Waals surface area contributed by atoms with Crippen LogP contribution >= 0.6 is 0 Å². The van der Waals surface area contributed by atoms with Crippen molar-refractivity contribution >= 4 is 5.97 Å². The van der Waals surface area contributed by atoms with Gasteiger partial charge >= 0.3 is 5.97 Å². The number of methoxy groups -OCH3 is 2. The van der Waals surface area contributed by atoms with E-state index in [1.165, 1.54) is 0 Å². The molecule has 6 nitrogen and oxygen atoms in total. The number of para-hydroxylation sites is 1. The molecule has 158 valence electrons. The molecule has 0 unspecified atom stereocenters. The first-order valence-electron chi connectivity index (χ1n) is 9.83. The van der Waals surface area contributed by atoms with Crippen molar-refractivity contribution in [1.82, 2.24) is 9.88 Å². The lowest BCUT2D eigenvalue weighted by molar-refractivity contribution is 0.0694. The lowest BCUT2D eigenvalue weighted by atomic mass is 10.1. The number of ether oxygens (including phenoxy) is 2. The minimum atomic E-state index is -0.904. The quantitative estimate of drug-likeness (QED) is 0.556. The molecule has 0 saturated heterocycles. The number of carbonyl (C=O) groups is 1. The van der Waals surface area contributed by atoms with Gasteiger partial charge in [0.1, 0.15) is 11.5 Å². The summed E-state index contributed by atoms with van der Waals surface area (Å²) in [6.07, 6.45) is 0. The van der Waals surface area contributed by atoms with Crippen LogP contribution in [0.4, 0.5) is 0 Å². The molecule has 0 fully saturated rings. The van der Waals surface area contributed by atoms with Crippen molar-refractivity contribution in [3.05, 3.63) is 82.2 Å². The molecule has 1 aromatic heterocycles. The fourth-order valence-corrected chi connectivity index (χ4v) is 3.77. The predicted molar refractivity (Wildman–Crippen MR) is 116 cm³/mol. The Balaban J connectivity index is 1.83. The first-order valence-corrected chi connectivity index (χ1v) is 9.83. The number of rotatable bonds is 9. The summed E-state index contributed by atoms with van der Waals surface area (Å²) in [5.41, 5.74) is 5.00. The lowest BCUT2D eigenvalue weighted by Gasteiger charge is -2.12. The second-order valence-electron chi connectivity index (χ2n) is 7.18. The van der Waals surface area contributed by atoms with Gasteiger partial charge in [0, 0.05) is 42.1 Å². The molecule has 6 heteroatoms. The minimum absolute atomic E-state index is 0.369. The third-order valence-corrected chi connectivity index (χ3v) is 5.43. The standard InChI is InChI=1S/C24H28N2O4/c1-16-21(14-25-13-19-7-5-6-8-22(19)30-4)23(24(27)28)17(2)26(16)15-18-9-11-20(29-3)12-10-18/h5-12,25H,13-15H2,1-4H3,(H,27,28). The molecule has 0 saturated carbocycles. The van der Waals surface area contributed by atoms with E-state index in [0.29, 0.717) is 25.2 Å². The van der Waals surface area contributed by atoms with Gasteiger partial charge in [0.05, 0.1) is 19.8 Å². The Labute approximate surface area is 177 Å². The summed E-state index contributed by atoms with van der Waals surface area (Å²) in [5, 5.41) is 13.2. The van der Waals surface area contributed by atoms with Gasteiger partial charge in [0.25, 0.3) is 0 Å². The fraction of sp³-hybridized carbons (Fsp3) is 0.292. The smallest absolute Gasteiger partial charge is 0.337 e. The van der Waals surface area contributed by atoms with Crippen molar-refractivity contribution in [2.45, 2.75) is 33.5 Å². The number of nitrogens with zero attached hydrogens (tertiary/aromatic N) is 1. The highest BCUT2D eigenvalue weighted by molar-refractivity contribution is 5.91. The van der Waals surface area contributed by atoms with Crippen molar-refractivity contribution in [1.29, 1.82) is 0 Å². The van der Waals surface area contributed by atoms with Crippen molar-refractivity contribution < 1.29 is 19.4 Å². The molecule has 3 aromatic rings. The van der Waals surface area contributed by atoms with E-state index in [0.717, 1.165) is 39.6 Å². The van der Waals surface area contributed by atoms with Crippen molar-refractivity contribution in [2.75, 3.05) is 14.2 Å². The number of aromatic nitrogens is 1. The van der Waals surface area contributed by atoms with Crippen LogP contribution in [0.1, 0.15) is 38.4 Å². The number of carboxylic acids is 1. The number of hydrogen-bond donors (Lipinski definition) is 2. The highest BCUT2D eigenvalue weighted by Crippen LogP contribution is 2.25. The van der Waals surface area contributed by atoms with Crippen LogP contribution in [0.15, 0.2) is 48.5 Å². The number of benzene rings is 2. The molecule has 0 aliphatic carbocycles. The van der Waals surface area contributed by atoms with E-state index in [1.54, 1.807) is 14.2 Å². The first kappa shape index (κ1) is 21.5. The Morgan fingerprint density at radius 3 is 2.30 bits per heavy atom. The molecule has 3 rings (SSSR count). The second-order valence-corrected chi connectivity index (χ2v) is 7.18. The van der Waals surface area contributed by atoms with Gasteiger partial charge in [-0.2, -0.15) is 0 Å². The zero-order valence-corrected chi connectivity index (χ0v) is 17.9. The number of carboxylic acid groups (broad SMARTS) is 1. The number of aromatic carboxylic acids is 1. The largest absolute Gasteiger partial charge is 0.497 e. The monoisotopic (exact) mass is 408 g/mol. The average molecular weight is 408 g/mol. The average Bonchev–Trinajstić information content (AvgIpc) is 2.99. The molecule has 0 atom stereocenters. The third-order valence-electron chi connectivity index (χ3n) is 5.43. The van der Waals surface area contributed by atoms with Crippen LogP contribution in [-0.2, 0) is 19.6 Å². The van der Waals surface area contributed by atoms with Gasteiger partial charge in [-0.25, -0.2) is 4.79 Å². The molecule has 0 spiro atoms. The Kier molecular flexibility index (Phi) is 6.79. The van der Waals surface area contributed by atoms with Gasteiger partial charge in [0.15, 0.2) is 0 Å². The van der Waals surface area contributed by atoms with E-state index in [-0.39, 0.29) is 0 Å². The molecule has 0 bridgehead atoms. The molecule has 1 heterocycles. The molecule has 2 N–H and O–H groups in total. The summed E-state index contributed by atoms with van der Waals surface area (Å²) in [7, 11) is 3.28. The number of nitrogens with one attached hydrogen (secondary N) is 1. The van der Waals surface area contributed by atoms with Gasteiger partial charge in [0.2, 0.25) is 0 Å². The summed E-state index contributed by atoms with van der Waals surface area (Å²) in [4.78, 5) is 12.0. The van der Waals surface area contributed by atoms with E-state index in [4.69, 9.17) is 9.47 Å². The van der Waals surface area contributed by atoms with E-state index in [9.17, 15) is 9.90 Å². The van der Waals surface area contributed by atoms with Crippen LogP contribution in [0.3, 0.4) is 0 Å². The molecule has 0 radical (unpaired) electrons. The summed E-state index contributed by atoms with van der Waals surface area (Å²) in [6.45, 7) is 5.49. The topological polar surface area (TPSA) is 72.7 Å². The lowest BCUT2D eigenvalue weighted by Crippen LogP contribution is -2.16. The van der Waals surface area contributed by atoms with Gasteiger partial charge in [-0.3, -0.25) is 0 Å². The Bertz CT molecular complexity index is 1020. The predicted octanol–water partition coefficient (Wildman–Crippen LogP) is 4.16. The van der Waals surface area contributed by atoms with Gasteiger partial charge < -0.3 is 24.5 Å². The van der Waals surface area contributed by atoms with Crippen LogP contribution in [0, 0.1) is 13.8 Å². The fourth-order valence-electron chi connectivity index (χ4n) is 3.77. The maximum absolute atomic E-state index is 12.0. The molecular weight excluding hydrogens is 380 g/mol. The zero-order valence-electron chi connectivity index (χ0n) is 17.9. The summed E-state index contributed by atoms with van der Waals surface area (Å²) in [5.74, 6) is 0.707. The van der Waals surface area contributed by atoms with Crippen LogP contribution in [0.2, 0.25) is 0 Å². The van der Waals surface area contributed by atoms with Crippen LogP contribution in [0.5, 0.6) is 11.5 Å². The zero-order chi connectivity index (χ0) is 21.7. The van der Waals surface area contributed by atoms with Crippen LogP contribution in [-0.4, -0.2) is 29.9 Å². The maximum atomic E-state index is 12.0. The molecule has 0 aliphatic rings. The van der Waals surface area contributed by atoms with Crippen LogP contribution in [0.25, 0.3) is 0 Å². The van der Waals surface area contributed by atoms with E-state index in [1.807, 2.05) is 62.4 Å². The van der Waals surface area contributed by atoms with Gasteiger partial charge in [-0.1, -0.05) is 30.3 Å². The highest BCUT2D eigenvalue weighted by atomic mass is 16.5. The van der Waals surface area contributed by atoms with E-state index >= 15 is 0 Å². The van der Waals surface area contributed by atoms with Gasteiger partial charge in [-0.15, -0.1) is 0 Å². The third kappa shape index (κ3) is 4.49. The van der Waals surface area contributed by atoms with Crippen molar-refractivity contribution in [3.63, 3.8) is 0 Å². The van der Waals surface area contributed by atoms with Crippen molar-refractivity contribution in [3.8, 4) is 11.5 Å². The van der Waals surface area contributed by atoms with Crippen LogP contribution < -0.4 is 14.8 Å². The molecule has 0 aliphatic heterocycles. The van der Waals surface area contributed by atoms with Crippen molar-refractivity contribution in [2.24, 2.45) is 0 Å². The highest BCUT2D eigenvalue weighted by Gasteiger charge is 2.22. The maximum Gasteiger partial charge on any atom is 0.337 e. The van der Waals surface area contributed by atoms with Gasteiger partial charge in [-0.05, 0) is 37.6 Å². The Morgan fingerprint density at radius 2 is 1.67 bits per heavy atom. The number of hydrogen-bond acceptors (Lipinski definition) is 4. The first-order chi connectivity index (χ1) is 14.5. The van der Waals surface area contributed by atoms with E-state index in [2.05, 4.69) is 9.88 Å². The molecular formula is C24H28N2O4. The summed E-state index contributed by atoms with van der Waals surface area (Å²) in [6, 6.07) is 15.6. The summed E-state index contributed by atoms with van der Waals surface area (Å²) < 4.78 is 12.7. The summed E-state index contributed by atoms with van der Waals surface area (Å²) >= 11 is 0. The van der Waals surface area contributed by atoms with E-state index < -0.39 is 5.97 Å². The molecule has 0 amide bonds. The SMILES string of the molecule is COc1ccc(Cn2c(C)c(CNCc3ccccc3OC)c(C(=O)O)c2C)cc1. The Hall–Kier alpha value is -3.25. The minimum Gasteiger partial charge on any atom is -0.497 e. The molecule has 30 heavy (non-hydrogen) atoms. The molecule has 2 aromatic carbocycles. The second kappa shape index (κ2) is 9.50. The normalized spacial score (nSPS) is 10.8. The Morgan fingerprint density at radius 1 is 0.967 bits per heavy atom.